The second-order valence-electron chi connectivity index (χ2n) is 3.43. The fourth-order valence-corrected chi connectivity index (χ4v) is 1.52. The molecule has 1 saturated heterocycles. The molecule has 0 saturated carbocycles. The molecule has 0 atom stereocenters. The van der Waals surface area contributed by atoms with Crippen LogP contribution < -0.4 is 0 Å². The highest BCUT2D eigenvalue weighted by Crippen LogP contribution is 2.10. The first kappa shape index (κ1) is 12.9. The minimum absolute atomic E-state index is 0.0205. The van der Waals surface area contributed by atoms with Crippen molar-refractivity contribution in [3.63, 3.8) is 0 Å². The van der Waals surface area contributed by atoms with Crippen molar-refractivity contribution in [2.24, 2.45) is 0 Å². The van der Waals surface area contributed by atoms with Gasteiger partial charge in [0.25, 0.3) is 0 Å². The van der Waals surface area contributed by atoms with E-state index < -0.39 is 0 Å². The van der Waals surface area contributed by atoms with Crippen molar-refractivity contribution in [3.8, 4) is 0 Å². The maximum Gasteiger partial charge on any atom is 0.0564 e. The van der Waals surface area contributed by atoms with E-state index in [0.717, 1.165) is 25.9 Å². The van der Waals surface area contributed by atoms with Gasteiger partial charge >= 0.3 is 0 Å². The van der Waals surface area contributed by atoms with E-state index in [1.807, 2.05) is 13.8 Å². The third-order valence-corrected chi connectivity index (χ3v) is 2.38. The zero-order chi connectivity index (χ0) is 10.1. The fourth-order valence-electron chi connectivity index (χ4n) is 1.52. The first-order chi connectivity index (χ1) is 6.33. The first-order valence-corrected chi connectivity index (χ1v) is 5.73. The molecule has 0 radical (unpaired) electrons. The van der Waals surface area contributed by atoms with E-state index in [-0.39, 0.29) is 6.10 Å². The molecule has 0 unspecified atom stereocenters. The number of rotatable bonds is 3. The Morgan fingerprint density at radius 3 is 2.23 bits per heavy atom. The number of likely N-dealkylation sites (tertiary alicyclic amines) is 1. The smallest absolute Gasteiger partial charge is 0.0564 e. The summed E-state index contributed by atoms with van der Waals surface area (Å²) in [5.41, 5.74) is 0. The Hall–Kier alpha value is -0.0800. The quantitative estimate of drug-likeness (QED) is 0.732. The average Bonchev–Trinajstić information content (AvgIpc) is 2.20. The predicted octanol–water partition coefficient (Wildman–Crippen LogP) is 2.27. The molecule has 0 amide bonds. The lowest BCUT2D eigenvalue weighted by atomic mass is 10.1. The zero-order valence-electron chi connectivity index (χ0n) is 9.42. The molecule has 0 aliphatic carbocycles. The summed E-state index contributed by atoms with van der Waals surface area (Å²) in [5.74, 6) is 0. The topological polar surface area (TPSA) is 23.5 Å². The van der Waals surface area contributed by atoms with Crippen molar-refractivity contribution in [3.05, 3.63) is 0 Å². The van der Waals surface area contributed by atoms with E-state index in [9.17, 15) is 5.11 Å². The lowest BCUT2D eigenvalue weighted by molar-refractivity contribution is 0.0820. The van der Waals surface area contributed by atoms with Crippen molar-refractivity contribution in [2.45, 2.75) is 52.6 Å². The Kier molecular flexibility index (Phi) is 8.46. The van der Waals surface area contributed by atoms with Gasteiger partial charge in [-0.3, -0.25) is 0 Å². The van der Waals surface area contributed by atoms with Gasteiger partial charge in [-0.1, -0.05) is 27.2 Å². The van der Waals surface area contributed by atoms with Crippen LogP contribution in [-0.2, 0) is 0 Å². The van der Waals surface area contributed by atoms with E-state index >= 15 is 0 Å². The second-order valence-corrected chi connectivity index (χ2v) is 3.43. The SMILES string of the molecule is CC.CCCCN1CCC(O)CC1. The highest BCUT2D eigenvalue weighted by atomic mass is 16.3. The lowest BCUT2D eigenvalue weighted by Gasteiger charge is -2.29. The molecule has 0 aromatic carbocycles. The van der Waals surface area contributed by atoms with Crippen LogP contribution in [0.15, 0.2) is 0 Å². The molecule has 2 nitrogen and oxygen atoms in total. The maximum atomic E-state index is 9.23. The van der Waals surface area contributed by atoms with Gasteiger partial charge in [-0.25, -0.2) is 0 Å². The van der Waals surface area contributed by atoms with Crippen LogP contribution in [0.3, 0.4) is 0 Å². The number of aliphatic hydroxyl groups is 1. The van der Waals surface area contributed by atoms with Gasteiger partial charge in [0.2, 0.25) is 0 Å². The van der Waals surface area contributed by atoms with Crippen molar-refractivity contribution in [1.82, 2.24) is 4.90 Å². The molecular formula is C11H25NO. The monoisotopic (exact) mass is 187 g/mol. The summed E-state index contributed by atoms with van der Waals surface area (Å²) in [6.07, 6.45) is 4.51. The molecule has 1 rings (SSSR count). The van der Waals surface area contributed by atoms with Crippen molar-refractivity contribution < 1.29 is 5.11 Å². The van der Waals surface area contributed by atoms with Crippen LogP contribution in [0.25, 0.3) is 0 Å². The standard InChI is InChI=1S/C9H19NO.C2H6/c1-2-3-6-10-7-4-9(11)5-8-10;1-2/h9,11H,2-8H2,1H3;1-2H3. The molecule has 0 bridgehead atoms. The third-order valence-electron chi connectivity index (χ3n) is 2.38. The van der Waals surface area contributed by atoms with E-state index in [2.05, 4.69) is 11.8 Å². The number of unbranched alkanes of at least 4 members (excludes halogenated alkanes) is 1. The molecule has 0 spiro atoms. The Labute approximate surface area is 82.9 Å². The maximum absolute atomic E-state index is 9.23. The lowest BCUT2D eigenvalue weighted by Crippen LogP contribution is -2.36. The summed E-state index contributed by atoms with van der Waals surface area (Å²) in [5, 5.41) is 9.23. The molecule has 80 valence electrons. The third kappa shape index (κ3) is 6.05. The van der Waals surface area contributed by atoms with Gasteiger partial charge < -0.3 is 10.0 Å². The summed E-state index contributed by atoms with van der Waals surface area (Å²) in [6, 6.07) is 0. The number of aliphatic hydroxyl groups excluding tert-OH is 1. The largest absolute Gasteiger partial charge is 0.393 e. The average molecular weight is 187 g/mol. The molecule has 0 aromatic rings. The number of piperidine rings is 1. The summed E-state index contributed by atoms with van der Waals surface area (Å²) in [6.45, 7) is 9.64. The summed E-state index contributed by atoms with van der Waals surface area (Å²) in [4.78, 5) is 2.45. The minimum Gasteiger partial charge on any atom is -0.393 e. The van der Waals surface area contributed by atoms with Crippen LogP contribution in [0.1, 0.15) is 46.5 Å². The Morgan fingerprint density at radius 1 is 1.23 bits per heavy atom. The normalized spacial score (nSPS) is 19.4. The number of nitrogens with zero attached hydrogens (tertiary/aromatic N) is 1. The molecule has 1 aliphatic rings. The van der Waals surface area contributed by atoms with Crippen LogP contribution in [0, 0.1) is 0 Å². The van der Waals surface area contributed by atoms with Gasteiger partial charge in [0.1, 0.15) is 0 Å². The van der Waals surface area contributed by atoms with Crippen LogP contribution in [0.4, 0.5) is 0 Å². The summed E-state index contributed by atoms with van der Waals surface area (Å²) < 4.78 is 0. The van der Waals surface area contributed by atoms with Crippen molar-refractivity contribution in [1.29, 1.82) is 0 Å². The number of hydrogen-bond acceptors (Lipinski definition) is 2. The predicted molar refractivity (Wildman–Crippen MR) is 57.9 cm³/mol. The van der Waals surface area contributed by atoms with Crippen molar-refractivity contribution >= 4 is 0 Å². The minimum atomic E-state index is -0.0205. The van der Waals surface area contributed by atoms with Gasteiger partial charge in [-0.2, -0.15) is 0 Å². The first-order valence-electron chi connectivity index (χ1n) is 5.73. The van der Waals surface area contributed by atoms with Crippen LogP contribution in [0.2, 0.25) is 0 Å². The highest BCUT2D eigenvalue weighted by Gasteiger charge is 2.15. The van der Waals surface area contributed by atoms with E-state index in [0.29, 0.717) is 0 Å². The molecule has 1 fully saturated rings. The molecule has 2 heteroatoms. The zero-order valence-corrected chi connectivity index (χ0v) is 9.42. The van der Waals surface area contributed by atoms with E-state index in [4.69, 9.17) is 0 Å². The van der Waals surface area contributed by atoms with Crippen LogP contribution >= 0.6 is 0 Å². The second kappa shape index (κ2) is 8.52. The van der Waals surface area contributed by atoms with Gasteiger partial charge in [0.05, 0.1) is 6.10 Å². The van der Waals surface area contributed by atoms with Crippen LogP contribution in [0.5, 0.6) is 0 Å². The summed E-state index contributed by atoms with van der Waals surface area (Å²) in [7, 11) is 0. The van der Waals surface area contributed by atoms with Crippen molar-refractivity contribution in [2.75, 3.05) is 19.6 Å². The summed E-state index contributed by atoms with van der Waals surface area (Å²) >= 11 is 0. The molecule has 1 N–H and O–H groups in total. The Balaban J connectivity index is 0.000000671. The van der Waals surface area contributed by atoms with Gasteiger partial charge in [0.15, 0.2) is 0 Å². The van der Waals surface area contributed by atoms with Crippen LogP contribution in [-0.4, -0.2) is 35.7 Å². The Morgan fingerprint density at radius 2 is 1.77 bits per heavy atom. The molecule has 13 heavy (non-hydrogen) atoms. The van der Waals surface area contributed by atoms with E-state index in [1.54, 1.807) is 0 Å². The number of hydrogen-bond donors (Lipinski definition) is 1. The van der Waals surface area contributed by atoms with E-state index in [1.165, 1.54) is 19.4 Å². The molecule has 0 aromatic heterocycles. The Bertz CT molecular complexity index is 95.5. The molecular weight excluding hydrogens is 162 g/mol. The van der Waals surface area contributed by atoms with Gasteiger partial charge in [-0.05, 0) is 25.8 Å². The highest BCUT2D eigenvalue weighted by molar-refractivity contribution is 4.70. The molecule has 1 heterocycles. The molecule has 1 aliphatic heterocycles. The van der Waals surface area contributed by atoms with Gasteiger partial charge in [0, 0.05) is 13.1 Å². The van der Waals surface area contributed by atoms with Gasteiger partial charge in [-0.15, -0.1) is 0 Å². The fraction of sp³-hybridized carbons (Fsp3) is 1.00.